The maximum atomic E-state index is 13.4. The van der Waals surface area contributed by atoms with Gasteiger partial charge in [0, 0.05) is 26.8 Å². The fraction of sp³-hybridized carbons (Fsp3) is 0.292. The average molecular weight is 546 g/mol. The summed E-state index contributed by atoms with van der Waals surface area (Å²) in [6.07, 6.45) is 1.10. The first-order valence-corrected chi connectivity index (χ1v) is 11.5. The molecule has 0 spiro atoms. The number of rotatable bonds is 5. The Bertz CT molecular complexity index is 1220. The number of fused-ring (bicyclic) bond motifs is 1. The van der Waals surface area contributed by atoms with Crippen LogP contribution in [0.2, 0.25) is 0 Å². The molecule has 1 atom stereocenters. The standard InChI is InChI=1S/C24H23IN2O5/c1-14-18(12-22(29)26-10-2-3-21(26)24(31)32)19-11-15(13-28)4-9-20(19)27(14)23(30)16-5-7-17(25)8-6-16/h4-9,11,21,28H,2-3,10,12-13H2,1H3,(H,31,32). The predicted octanol–water partition coefficient (Wildman–Crippen LogP) is 3.35. The van der Waals surface area contributed by atoms with Gasteiger partial charge in [-0.1, -0.05) is 6.07 Å². The molecule has 1 saturated heterocycles. The SMILES string of the molecule is Cc1c(CC(=O)N2CCCC2C(=O)O)c2cc(CO)ccc2n1C(=O)c1ccc(I)cc1. The number of amides is 1. The third-order valence-corrected chi connectivity index (χ3v) is 6.78. The lowest BCUT2D eigenvalue weighted by Gasteiger charge is -2.21. The molecule has 0 bridgehead atoms. The molecule has 4 rings (SSSR count). The van der Waals surface area contributed by atoms with Crippen molar-refractivity contribution in [3.63, 3.8) is 0 Å². The van der Waals surface area contributed by atoms with Gasteiger partial charge < -0.3 is 15.1 Å². The summed E-state index contributed by atoms with van der Waals surface area (Å²) < 4.78 is 2.62. The number of carboxylic acids is 1. The van der Waals surface area contributed by atoms with Crippen molar-refractivity contribution in [2.45, 2.75) is 38.8 Å². The highest BCUT2D eigenvalue weighted by atomic mass is 127. The van der Waals surface area contributed by atoms with Crippen molar-refractivity contribution < 1.29 is 24.6 Å². The summed E-state index contributed by atoms with van der Waals surface area (Å²) in [5, 5.41) is 19.8. The smallest absolute Gasteiger partial charge is 0.326 e. The summed E-state index contributed by atoms with van der Waals surface area (Å²) in [6.45, 7) is 2.05. The van der Waals surface area contributed by atoms with Crippen LogP contribution in [0.4, 0.5) is 0 Å². The molecular formula is C24H23IN2O5. The minimum atomic E-state index is -0.994. The first-order chi connectivity index (χ1) is 15.3. The molecule has 0 radical (unpaired) electrons. The molecule has 32 heavy (non-hydrogen) atoms. The molecule has 2 aromatic carbocycles. The largest absolute Gasteiger partial charge is 0.480 e. The molecule has 1 aliphatic heterocycles. The molecule has 1 aromatic heterocycles. The van der Waals surface area contributed by atoms with Gasteiger partial charge in [0.1, 0.15) is 6.04 Å². The minimum absolute atomic E-state index is 0.00599. The van der Waals surface area contributed by atoms with Crippen molar-refractivity contribution in [1.82, 2.24) is 9.47 Å². The van der Waals surface area contributed by atoms with E-state index in [0.717, 1.165) is 3.57 Å². The van der Waals surface area contributed by atoms with Crippen LogP contribution in [-0.4, -0.2) is 50.1 Å². The van der Waals surface area contributed by atoms with Crippen LogP contribution in [0, 0.1) is 10.5 Å². The zero-order valence-electron chi connectivity index (χ0n) is 17.5. The van der Waals surface area contributed by atoms with Gasteiger partial charge >= 0.3 is 5.97 Å². The highest BCUT2D eigenvalue weighted by Gasteiger charge is 2.34. The zero-order valence-corrected chi connectivity index (χ0v) is 19.7. The highest BCUT2D eigenvalue weighted by molar-refractivity contribution is 14.1. The van der Waals surface area contributed by atoms with E-state index in [4.69, 9.17) is 0 Å². The summed E-state index contributed by atoms with van der Waals surface area (Å²) >= 11 is 2.18. The van der Waals surface area contributed by atoms with Crippen LogP contribution in [-0.2, 0) is 22.6 Å². The van der Waals surface area contributed by atoms with Gasteiger partial charge in [0.15, 0.2) is 0 Å². The van der Waals surface area contributed by atoms with Crippen LogP contribution in [0.5, 0.6) is 0 Å². The van der Waals surface area contributed by atoms with E-state index in [9.17, 15) is 24.6 Å². The van der Waals surface area contributed by atoms with Crippen molar-refractivity contribution >= 4 is 51.3 Å². The van der Waals surface area contributed by atoms with Gasteiger partial charge in [-0.2, -0.15) is 0 Å². The number of halogens is 1. The summed E-state index contributed by atoms with van der Waals surface area (Å²) in [5.41, 5.74) is 3.17. The summed E-state index contributed by atoms with van der Waals surface area (Å²) in [6, 6.07) is 11.8. The molecule has 166 valence electrons. The maximum absolute atomic E-state index is 13.4. The van der Waals surface area contributed by atoms with E-state index in [2.05, 4.69) is 22.6 Å². The van der Waals surface area contributed by atoms with Gasteiger partial charge in [-0.3, -0.25) is 14.2 Å². The molecule has 0 aliphatic carbocycles. The van der Waals surface area contributed by atoms with E-state index in [0.29, 0.717) is 52.7 Å². The van der Waals surface area contributed by atoms with Crippen molar-refractivity contribution in [3.05, 3.63) is 68.4 Å². The molecule has 7 nitrogen and oxygen atoms in total. The number of carboxylic acid groups (broad SMARTS) is 1. The number of aliphatic hydroxyl groups excluding tert-OH is 1. The average Bonchev–Trinajstić information content (AvgIpc) is 3.37. The zero-order chi connectivity index (χ0) is 23.0. The Hall–Kier alpha value is -2.72. The van der Waals surface area contributed by atoms with Crippen molar-refractivity contribution in [2.24, 2.45) is 0 Å². The molecule has 2 heterocycles. The van der Waals surface area contributed by atoms with Gasteiger partial charge in [-0.15, -0.1) is 0 Å². The number of aliphatic hydroxyl groups is 1. The van der Waals surface area contributed by atoms with Gasteiger partial charge in [-0.05, 0) is 89.9 Å². The third kappa shape index (κ3) is 4.04. The lowest BCUT2D eigenvalue weighted by atomic mass is 10.0. The second kappa shape index (κ2) is 9.03. The van der Waals surface area contributed by atoms with E-state index in [-0.39, 0.29) is 24.8 Å². The predicted molar refractivity (Wildman–Crippen MR) is 128 cm³/mol. The number of aliphatic carboxylic acids is 1. The number of likely N-dealkylation sites (tertiary alicyclic amines) is 1. The van der Waals surface area contributed by atoms with Crippen LogP contribution >= 0.6 is 22.6 Å². The number of aromatic nitrogens is 1. The van der Waals surface area contributed by atoms with Crippen LogP contribution in [0.15, 0.2) is 42.5 Å². The highest BCUT2D eigenvalue weighted by Crippen LogP contribution is 2.30. The second-order valence-electron chi connectivity index (χ2n) is 7.98. The van der Waals surface area contributed by atoms with Gasteiger partial charge in [0.2, 0.25) is 5.91 Å². The van der Waals surface area contributed by atoms with Gasteiger partial charge in [-0.25, -0.2) is 4.79 Å². The van der Waals surface area contributed by atoms with E-state index < -0.39 is 12.0 Å². The normalized spacial score (nSPS) is 16.0. The van der Waals surface area contributed by atoms with Crippen molar-refractivity contribution in [3.8, 4) is 0 Å². The number of carbonyl (C=O) groups is 3. The number of nitrogens with zero attached hydrogens (tertiary/aromatic N) is 2. The molecule has 3 aromatic rings. The van der Waals surface area contributed by atoms with Crippen molar-refractivity contribution in [2.75, 3.05) is 6.54 Å². The Morgan fingerprint density at radius 3 is 2.50 bits per heavy atom. The molecule has 0 saturated carbocycles. The maximum Gasteiger partial charge on any atom is 0.326 e. The summed E-state index contributed by atoms with van der Waals surface area (Å²) in [7, 11) is 0. The fourth-order valence-corrected chi connectivity index (χ4v) is 4.77. The first kappa shape index (κ1) is 22.5. The van der Waals surface area contributed by atoms with Crippen molar-refractivity contribution in [1.29, 1.82) is 0 Å². The first-order valence-electron chi connectivity index (χ1n) is 10.4. The molecular weight excluding hydrogens is 523 g/mol. The van der Waals surface area contributed by atoms with Gasteiger partial charge in [0.05, 0.1) is 18.5 Å². The molecule has 2 N–H and O–H groups in total. The van der Waals surface area contributed by atoms with Crippen LogP contribution in [0.25, 0.3) is 10.9 Å². The quantitative estimate of drug-likeness (QED) is 0.479. The second-order valence-corrected chi connectivity index (χ2v) is 9.23. The minimum Gasteiger partial charge on any atom is -0.480 e. The Balaban J connectivity index is 1.79. The van der Waals surface area contributed by atoms with Crippen LogP contribution in [0.3, 0.4) is 0 Å². The molecule has 8 heteroatoms. The van der Waals surface area contributed by atoms with Crippen LogP contribution < -0.4 is 0 Å². The summed E-state index contributed by atoms with van der Waals surface area (Å²) in [4.78, 5) is 39.4. The topological polar surface area (TPSA) is 99.8 Å². The lowest BCUT2D eigenvalue weighted by molar-refractivity contribution is -0.147. The lowest BCUT2D eigenvalue weighted by Crippen LogP contribution is -2.41. The molecule has 1 aliphatic rings. The van der Waals surface area contributed by atoms with E-state index in [1.807, 2.05) is 12.1 Å². The van der Waals surface area contributed by atoms with E-state index in [1.165, 1.54) is 4.90 Å². The Morgan fingerprint density at radius 2 is 1.84 bits per heavy atom. The van der Waals surface area contributed by atoms with E-state index >= 15 is 0 Å². The number of hydrogen-bond acceptors (Lipinski definition) is 4. The number of carbonyl (C=O) groups excluding carboxylic acids is 2. The fourth-order valence-electron chi connectivity index (χ4n) is 4.41. The van der Waals surface area contributed by atoms with E-state index in [1.54, 1.807) is 41.8 Å². The van der Waals surface area contributed by atoms with Gasteiger partial charge in [0.25, 0.3) is 5.91 Å². The third-order valence-electron chi connectivity index (χ3n) is 6.06. The Morgan fingerprint density at radius 1 is 1.12 bits per heavy atom. The molecule has 1 fully saturated rings. The van der Waals surface area contributed by atoms with Crippen LogP contribution in [0.1, 0.15) is 40.0 Å². The number of hydrogen-bond donors (Lipinski definition) is 2. The Kier molecular flexibility index (Phi) is 6.34. The Labute approximate surface area is 198 Å². The monoisotopic (exact) mass is 546 g/mol. The molecule has 1 unspecified atom stereocenters. The molecule has 1 amide bonds. The summed E-state index contributed by atoms with van der Waals surface area (Å²) in [5.74, 6) is -1.47. The number of benzene rings is 2.